The van der Waals surface area contributed by atoms with Crippen LogP contribution in [-0.2, 0) is 4.79 Å². The van der Waals surface area contributed by atoms with Crippen LogP contribution in [0, 0.1) is 0 Å². The van der Waals surface area contributed by atoms with E-state index in [2.05, 4.69) is 11.9 Å². The van der Waals surface area contributed by atoms with Crippen LogP contribution in [0.15, 0.2) is 24.3 Å². The summed E-state index contributed by atoms with van der Waals surface area (Å²) in [5.74, 6) is 0. The van der Waals surface area contributed by atoms with Crippen LogP contribution in [0.4, 0.5) is 5.69 Å². The third-order valence-electron chi connectivity index (χ3n) is 3.08. The van der Waals surface area contributed by atoms with E-state index in [4.69, 9.17) is 5.73 Å². The van der Waals surface area contributed by atoms with E-state index < -0.39 is 0 Å². The van der Waals surface area contributed by atoms with Crippen LogP contribution in [0.25, 0.3) is 0 Å². The minimum absolute atomic E-state index is 0.150. The van der Waals surface area contributed by atoms with Gasteiger partial charge in [0.1, 0.15) is 0 Å². The quantitative estimate of drug-likeness (QED) is 0.589. The number of hydrogen-bond donors (Lipinski definition) is 1. The summed E-state index contributed by atoms with van der Waals surface area (Å²) in [7, 11) is 2.08. The van der Waals surface area contributed by atoms with Gasteiger partial charge >= 0.3 is 0 Å². The first-order chi connectivity index (χ1) is 7.70. The zero-order valence-electron chi connectivity index (χ0n) is 9.47. The molecule has 1 aliphatic heterocycles. The molecule has 0 saturated carbocycles. The Hall–Kier alpha value is -1.55. The number of rotatable bonds is 2. The molecule has 0 spiro atoms. The third kappa shape index (κ3) is 2.17. The molecule has 0 radical (unpaired) electrons. The summed E-state index contributed by atoms with van der Waals surface area (Å²) in [5, 5.41) is 0. The molecule has 1 aromatic rings. The topological polar surface area (TPSA) is 49.6 Å². The molecule has 16 heavy (non-hydrogen) atoms. The summed E-state index contributed by atoms with van der Waals surface area (Å²) in [6.45, 7) is 2.60. The van der Waals surface area contributed by atoms with E-state index in [1.165, 1.54) is 0 Å². The predicted octanol–water partition coefficient (Wildman–Crippen LogP) is 0.714. The van der Waals surface area contributed by atoms with Crippen LogP contribution < -0.4 is 5.73 Å². The van der Waals surface area contributed by atoms with Gasteiger partial charge in [-0.25, -0.2) is 0 Å². The molecule has 0 bridgehead atoms. The van der Waals surface area contributed by atoms with Gasteiger partial charge in [-0.05, 0) is 24.7 Å². The fourth-order valence-corrected chi connectivity index (χ4v) is 2.07. The van der Waals surface area contributed by atoms with E-state index in [-0.39, 0.29) is 6.04 Å². The predicted molar refractivity (Wildman–Crippen MR) is 63.9 cm³/mol. The Morgan fingerprint density at radius 3 is 2.62 bits per heavy atom. The highest BCUT2D eigenvalue weighted by atomic mass is 16.1. The van der Waals surface area contributed by atoms with Crippen molar-refractivity contribution >= 4 is 12.1 Å². The van der Waals surface area contributed by atoms with Gasteiger partial charge in [0, 0.05) is 25.3 Å². The van der Waals surface area contributed by atoms with E-state index in [1.54, 1.807) is 0 Å². The van der Waals surface area contributed by atoms with Crippen molar-refractivity contribution in [3.63, 3.8) is 0 Å². The largest absolute Gasteiger partial charge is 0.399 e. The van der Waals surface area contributed by atoms with Gasteiger partial charge < -0.3 is 15.5 Å². The SMILES string of the molecule is CN1CCN(C=O)C(c2ccc(N)cc2)C1. The summed E-state index contributed by atoms with van der Waals surface area (Å²) >= 11 is 0. The Labute approximate surface area is 95.6 Å². The van der Waals surface area contributed by atoms with E-state index in [9.17, 15) is 4.79 Å². The average Bonchev–Trinajstić information content (AvgIpc) is 2.30. The van der Waals surface area contributed by atoms with Crippen molar-refractivity contribution in [2.45, 2.75) is 6.04 Å². The number of nitrogen functional groups attached to an aromatic ring is 1. The third-order valence-corrected chi connectivity index (χ3v) is 3.08. The Bertz CT molecular complexity index is 363. The van der Waals surface area contributed by atoms with Crippen LogP contribution in [0.1, 0.15) is 11.6 Å². The number of likely N-dealkylation sites (N-methyl/N-ethyl adjacent to an activating group) is 1. The van der Waals surface area contributed by atoms with Crippen LogP contribution in [-0.4, -0.2) is 42.9 Å². The molecular formula is C12H17N3O. The van der Waals surface area contributed by atoms with Gasteiger partial charge in [-0.1, -0.05) is 12.1 Å². The molecule has 1 aromatic carbocycles. The number of carbonyl (C=O) groups is 1. The monoisotopic (exact) mass is 219 g/mol. The molecule has 0 aliphatic carbocycles. The summed E-state index contributed by atoms with van der Waals surface area (Å²) in [6, 6.07) is 7.90. The highest BCUT2D eigenvalue weighted by Gasteiger charge is 2.25. The number of amides is 1. The van der Waals surface area contributed by atoms with Gasteiger partial charge in [0.15, 0.2) is 0 Å². The molecular weight excluding hydrogens is 202 g/mol. The van der Waals surface area contributed by atoms with E-state index in [0.717, 1.165) is 37.3 Å². The summed E-state index contributed by atoms with van der Waals surface area (Å²) in [4.78, 5) is 15.1. The Balaban J connectivity index is 2.22. The first-order valence-electron chi connectivity index (χ1n) is 5.45. The number of nitrogens with two attached hydrogens (primary N) is 1. The lowest BCUT2D eigenvalue weighted by Crippen LogP contribution is -2.46. The lowest BCUT2D eigenvalue weighted by Gasteiger charge is -2.38. The molecule has 2 rings (SSSR count). The van der Waals surface area contributed by atoms with Gasteiger partial charge in [0.05, 0.1) is 6.04 Å². The van der Waals surface area contributed by atoms with E-state index in [1.807, 2.05) is 29.2 Å². The molecule has 1 atom stereocenters. The fraction of sp³-hybridized carbons (Fsp3) is 0.417. The minimum Gasteiger partial charge on any atom is -0.399 e. The first-order valence-corrected chi connectivity index (χ1v) is 5.45. The highest BCUT2D eigenvalue weighted by Crippen LogP contribution is 2.24. The van der Waals surface area contributed by atoms with Crippen LogP contribution >= 0.6 is 0 Å². The minimum atomic E-state index is 0.150. The standard InChI is InChI=1S/C12H17N3O/c1-14-6-7-15(9-16)12(8-14)10-2-4-11(13)5-3-10/h2-5,9,12H,6-8,13H2,1H3. The van der Waals surface area contributed by atoms with Gasteiger partial charge in [-0.3, -0.25) is 4.79 Å². The number of nitrogens with zero attached hydrogens (tertiary/aromatic N) is 2. The average molecular weight is 219 g/mol. The van der Waals surface area contributed by atoms with Crippen LogP contribution in [0.2, 0.25) is 0 Å². The maximum Gasteiger partial charge on any atom is 0.210 e. The van der Waals surface area contributed by atoms with Crippen molar-refractivity contribution in [1.29, 1.82) is 0 Å². The second-order valence-electron chi connectivity index (χ2n) is 4.29. The van der Waals surface area contributed by atoms with Crippen molar-refractivity contribution in [1.82, 2.24) is 9.80 Å². The molecule has 1 heterocycles. The maximum atomic E-state index is 11.0. The molecule has 1 fully saturated rings. The zero-order valence-corrected chi connectivity index (χ0v) is 9.47. The molecule has 4 nitrogen and oxygen atoms in total. The maximum absolute atomic E-state index is 11.0. The molecule has 1 amide bonds. The molecule has 2 N–H and O–H groups in total. The van der Waals surface area contributed by atoms with E-state index >= 15 is 0 Å². The number of carbonyl (C=O) groups excluding carboxylic acids is 1. The number of anilines is 1. The second-order valence-corrected chi connectivity index (χ2v) is 4.29. The molecule has 1 unspecified atom stereocenters. The van der Waals surface area contributed by atoms with Crippen molar-refractivity contribution < 1.29 is 4.79 Å². The lowest BCUT2D eigenvalue weighted by molar-refractivity contribution is -0.122. The van der Waals surface area contributed by atoms with Gasteiger partial charge in [0.25, 0.3) is 0 Å². The smallest absolute Gasteiger partial charge is 0.210 e. The summed E-state index contributed by atoms with van der Waals surface area (Å²) < 4.78 is 0. The number of piperazine rings is 1. The first kappa shape index (κ1) is 11.0. The van der Waals surface area contributed by atoms with E-state index in [0.29, 0.717) is 0 Å². The molecule has 0 aromatic heterocycles. The molecule has 4 heteroatoms. The zero-order chi connectivity index (χ0) is 11.5. The Morgan fingerprint density at radius 2 is 2.00 bits per heavy atom. The Kier molecular flexibility index (Phi) is 3.10. The van der Waals surface area contributed by atoms with Crippen molar-refractivity contribution in [3.05, 3.63) is 29.8 Å². The van der Waals surface area contributed by atoms with Gasteiger partial charge in [-0.2, -0.15) is 0 Å². The van der Waals surface area contributed by atoms with Crippen LogP contribution in [0.3, 0.4) is 0 Å². The number of benzene rings is 1. The fourth-order valence-electron chi connectivity index (χ4n) is 2.07. The summed E-state index contributed by atoms with van der Waals surface area (Å²) in [5.41, 5.74) is 7.56. The molecule has 86 valence electrons. The van der Waals surface area contributed by atoms with Crippen molar-refractivity contribution in [2.75, 3.05) is 32.4 Å². The molecule has 1 saturated heterocycles. The highest BCUT2D eigenvalue weighted by molar-refractivity contribution is 5.50. The second kappa shape index (κ2) is 4.53. The van der Waals surface area contributed by atoms with Gasteiger partial charge in [0.2, 0.25) is 6.41 Å². The van der Waals surface area contributed by atoms with Gasteiger partial charge in [-0.15, -0.1) is 0 Å². The number of hydrogen-bond acceptors (Lipinski definition) is 3. The lowest BCUT2D eigenvalue weighted by atomic mass is 10.0. The molecule has 1 aliphatic rings. The van der Waals surface area contributed by atoms with Crippen molar-refractivity contribution in [2.24, 2.45) is 0 Å². The summed E-state index contributed by atoms with van der Waals surface area (Å²) in [6.07, 6.45) is 0.939. The Morgan fingerprint density at radius 1 is 1.31 bits per heavy atom. The van der Waals surface area contributed by atoms with Crippen molar-refractivity contribution in [3.8, 4) is 0 Å². The van der Waals surface area contributed by atoms with Crippen LogP contribution in [0.5, 0.6) is 0 Å². The normalized spacial score (nSPS) is 22.1.